The normalized spacial score (nSPS) is 10.2. The molecule has 0 radical (unpaired) electrons. The number of nitrogen functional groups attached to an aromatic ring is 1. The number of aryl methyl sites for hydroxylation is 1. The van der Waals surface area contributed by atoms with E-state index in [4.69, 9.17) is 5.84 Å². The molecule has 2 heterocycles. The monoisotopic (exact) mass is 252 g/mol. The van der Waals surface area contributed by atoms with Gasteiger partial charge in [-0.15, -0.1) is 0 Å². The number of aromatic nitrogens is 3. The molecule has 0 saturated heterocycles. The molecule has 0 unspecified atom stereocenters. The van der Waals surface area contributed by atoms with Gasteiger partial charge in [-0.05, 0) is 19.1 Å². The van der Waals surface area contributed by atoms with Crippen molar-refractivity contribution in [2.24, 2.45) is 5.84 Å². The molecule has 2 aromatic rings. The van der Waals surface area contributed by atoms with Gasteiger partial charge in [0.1, 0.15) is 17.5 Å². The lowest BCUT2D eigenvalue weighted by molar-refractivity contribution is 0.618. The van der Waals surface area contributed by atoms with E-state index in [0.29, 0.717) is 5.82 Å². The third kappa shape index (κ3) is 2.48. The van der Waals surface area contributed by atoms with Crippen LogP contribution in [0.5, 0.6) is 0 Å². The van der Waals surface area contributed by atoms with Gasteiger partial charge in [0, 0.05) is 0 Å². The highest BCUT2D eigenvalue weighted by atomic mass is 19.1. The van der Waals surface area contributed by atoms with Crippen molar-refractivity contribution in [3.8, 4) is 0 Å². The molecule has 6 nitrogen and oxygen atoms in total. The maximum atomic E-state index is 13.8. The molecule has 0 aliphatic heterocycles. The number of nitrogens with zero attached hydrogens (tertiary/aromatic N) is 3. The maximum absolute atomic E-state index is 13.8. The second-order valence-corrected chi connectivity index (χ2v) is 3.41. The van der Waals surface area contributed by atoms with Gasteiger partial charge < -0.3 is 10.7 Å². The summed E-state index contributed by atoms with van der Waals surface area (Å²) in [5, 5.41) is 2.62. The zero-order valence-corrected chi connectivity index (χ0v) is 9.41. The molecule has 0 saturated carbocycles. The Bertz CT molecular complexity index is 557. The van der Waals surface area contributed by atoms with Crippen LogP contribution in [0.4, 0.5) is 26.2 Å². The van der Waals surface area contributed by atoms with Crippen LogP contribution in [0.15, 0.2) is 18.3 Å². The minimum atomic E-state index is -0.741. The molecule has 0 atom stereocenters. The average Bonchev–Trinajstić information content (AvgIpc) is 2.36. The molecule has 4 N–H and O–H groups in total. The predicted molar refractivity (Wildman–Crippen MR) is 62.0 cm³/mol. The molecule has 0 bridgehead atoms. The Morgan fingerprint density at radius 1 is 1.17 bits per heavy atom. The fraction of sp³-hybridized carbons (Fsp3) is 0.100. The summed E-state index contributed by atoms with van der Waals surface area (Å²) in [5.41, 5.74) is 2.12. The first kappa shape index (κ1) is 12.1. The smallest absolute Gasteiger partial charge is 0.209 e. The minimum absolute atomic E-state index is 0.0884. The minimum Gasteiger partial charge on any atom is -0.322 e. The van der Waals surface area contributed by atoms with Crippen molar-refractivity contribution < 1.29 is 8.78 Å². The lowest BCUT2D eigenvalue weighted by Crippen LogP contribution is -2.13. The largest absolute Gasteiger partial charge is 0.322 e. The van der Waals surface area contributed by atoms with Crippen LogP contribution in [0.3, 0.4) is 0 Å². The first-order valence-corrected chi connectivity index (χ1v) is 4.99. The van der Waals surface area contributed by atoms with Crippen molar-refractivity contribution in [3.63, 3.8) is 0 Å². The van der Waals surface area contributed by atoms with E-state index in [2.05, 4.69) is 25.7 Å². The van der Waals surface area contributed by atoms with E-state index < -0.39 is 11.6 Å². The number of hydrogen-bond acceptors (Lipinski definition) is 6. The summed E-state index contributed by atoms with van der Waals surface area (Å²) >= 11 is 0. The second-order valence-electron chi connectivity index (χ2n) is 3.41. The third-order valence-corrected chi connectivity index (χ3v) is 2.07. The van der Waals surface area contributed by atoms with E-state index in [-0.39, 0.29) is 17.5 Å². The van der Waals surface area contributed by atoms with E-state index in [0.717, 1.165) is 6.20 Å². The SMILES string of the molecule is Cc1nc(NN)c(F)c(Nc2ccc(F)cn2)n1. The number of halogens is 2. The van der Waals surface area contributed by atoms with Crippen LogP contribution in [-0.4, -0.2) is 15.0 Å². The van der Waals surface area contributed by atoms with E-state index in [9.17, 15) is 8.78 Å². The zero-order chi connectivity index (χ0) is 13.1. The second kappa shape index (κ2) is 4.88. The number of nitrogens with two attached hydrogens (primary N) is 1. The van der Waals surface area contributed by atoms with Gasteiger partial charge in [-0.2, -0.15) is 4.39 Å². The molecular weight excluding hydrogens is 242 g/mol. The molecule has 2 aromatic heterocycles. The predicted octanol–water partition coefficient (Wildman–Crippen LogP) is 1.49. The average molecular weight is 252 g/mol. The summed E-state index contributed by atoms with van der Waals surface area (Å²) in [6.45, 7) is 1.59. The van der Waals surface area contributed by atoms with Gasteiger partial charge in [-0.3, -0.25) is 0 Å². The van der Waals surface area contributed by atoms with Crippen LogP contribution in [-0.2, 0) is 0 Å². The maximum Gasteiger partial charge on any atom is 0.209 e. The van der Waals surface area contributed by atoms with E-state index in [1.54, 1.807) is 6.92 Å². The molecule has 18 heavy (non-hydrogen) atoms. The van der Waals surface area contributed by atoms with E-state index >= 15 is 0 Å². The van der Waals surface area contributed by atoms with Crippen LogP contribution >= 0.6 is 0 Å². The van der Waals surface area contributed by atoms with Crippen molar-refractivity contribution in [2.75, 3.05) is 10.7 Å². The third-order valence-electron chi connectivity index (χ3n) is 2.07. The van der Waals surface area contributed by atoms with Crippen molar-refractivity contribution in [1.29, 1.82) is 0 Å². The Kier molecular flexibility index (Phi) is 3.28. The lowest BCUT2D eigenvalue weighted by Gasteiger charge is -2.09. The zero-order valence-electron chi connectivity index (χ0n) is 9.41. The van der Waals surface area contributed by atoms with Gasteiger partial charge in [-0.25, -0.2) is 25.2 Å². The highest BCUT2D eigenvalue weighted by Gasteiger charge is 2.12. The Hall–Kier alpha value is -2.35. The molecule has 0 aliphatic carbocycles. The van der Waals surface area contributed by atoms with E-state index in [1.165, 1.54) is 12.1 Å². The quantitative estimate of drug-likeness (QED) is 0.566. The van der Waals surface area contributed by atoms with Crippen molar-refractivity contribution in [3.05, 3.63) is 35.8 Å². The Labute approximate surface area is 101 Å². The van der Waals surface area contributed by atoms with Gasteiger partial charge in [0.15, 0.2) is 11.6 Å². The molecule has 2 rings (SSSR count). The van der Waals surface area contributed by atoms with Crippen LogP contribution in [0.2, 0.25) is 0 Å². The summed E-state index contributed by atoms with van der Waals surface area (Å²) in [7, 11) is 0. The Morgan fingerprint density at radius 2 is 1.89 bits per heavy atom. The van der Waals surface area contributed by atoms with Gasteiger partial charge >= 0.3 is 0 Å². The van der Waals surface area contributed by atoms with Gasteiger partial charge in [-0.1, -0.05) is 0 Å². The van der Waals surface area contributed by atoms with Crippen molar-refractivity contribution in [1.82, 2.24) is 15.0 Å². The standard InChI is InChI=1S/C10H10F2N6/c1-5-15-9(8(12)10(16-5)18-13)17-7-3-2-6(11)4-14-7/h2-4H,13H2,1H3,(H2,14,15,16,17,18). The first-order valence-electron chi connectivity index (χ1n) is 4.99. The van der Waals surface area contributed by atoms with Crippen LogP contribution in [0.1, 0.15) is 5.82 Å². The lowest BCUT2D eigenvalue weighted by atomic mass is 10.4. The molecule has 94 valence electrons. The fourth-order valence-corrected chi connectivity index (χ4v) is 1.31. The van der Waals surface area contributed by atoms with Gasteiger partial charge in [0.05, 0.1) is 6.20 Å². The van der Waals surface area contributed by atoms with Gasteiger partial charge in [0.2, 0.25) is 5.82 Å². The van der Waals surface area contributed by atoms with Crippen LogP contribution in [0.25, 0.3) is 0 Å². The Balaban J connectivity index is 2.34. The first-order chi connectivity index (χ1) is 8.60. The summed E-state index contributed by atoms with van der Waals surface area (Å²) in [4.78, 5) is 11.4. The van der Waals surface area contributed by atoms with E-state index in [1.807, 2.05) is 0 Å². The van der Waals surface area contributed by atoms with Crippen molar-refractivity contribution >= 4 is 17.5 Å². The molecule has 0 fully saturated rings. The van der Waals surface area contributed by atoms with Crippen LogP contribution < -0.4 is 16.6 Å². The molecule has 0 aliphatic rings. The number of nitrogens with one attached hydrogen (secondary N) is 2. The molecule has 0 amide bonds. The van der Waals surface area contributed by atoms with Crippen molar-refractivity contribution in [2.45, 2.75) is 6.92 Å². The number of hydrazine groups is 1. The Morgan fingerprint density at radius 3 is 2.50 bits per heavy atom. The number of hydrogen-bond donors (Lipinski definition) is 3. The summed E-state index contributed by atoms with van der Waals surface area (Å²) in [6, 6.07) is 2.56. The number of anilines is 3. The topological polar surface area (TPSA) is 88.8 Å². The highest BCUT2D eigenvalue weighted by molar-refractivity contribution is 5.57. The fourth-order valence-electron chi connectivity index (χ4n) is 1.31. The molecule has 8 heteroatoms. The summed E-state index contributed by atoms with van der Waals surface area (Å²) in [6.07, 6.45) is 1.01. The highest BCUT2D eigenvalue weighted by Crippen LogP contribution is 2.20. The number of pyridine rings is 1. The van der Waals surface area contributed by atoms with Gasteiger partial charge in [0.25, 0.3) is 0 Å². The van der Waals surface area contributed by atoms with Crippen LogP contribution in [0, 0.1) is 18.6 Å². The summed E-state index contributed by atoms with van der Waals surface area (Å²) < 4.78 is 26.5. The summed E-state index contributed by atoms with van der Waals surface area (Å²) in [5.74, 6) is 4.27. The molecule has 0 spiro atoms. The molecular formula is C10H10F2N6. The molecule has 0 aromatic carbocycles. The number of rotatable bonds is 3.